The molecule has 5 rings (SSSR count). The van der Waals surface area contributed by atoms with E-state index in [1.807, 2.05) is 36.4 Å². The van der Waals surface area contributed by atoms with E-state index < -0.39 is 35.3 Å². The number of benzene rings is 3. The second kappa shape index (κ2) is 10.2. The van der Waals surface area contributed by atoms with E-state index in [0.29, 0.717) is 29.9 Å². The summed E-state index contributed by atoms with van der Waals surface area (Å²) in [6.45, 7) is 2.96. The maximum atomic E-state index is 13.4. The van der Waals surface area contributed by atoms with Crippen molar-refractivity contribution >= 4 is 17.7 Å². The lowest BCUT2D eigenvalue weighted by molar-refractivity contribution is -0.140. The fourth-order valence-electron chi connectivity index (χ4n) is 4.73. The Morgan fingerprint density at radius 2 is 1.55 bits per heavy atom. The molecule has 1 heterocycles. The van der Waals surface area contributed by atoms with Gasteiger partial charge in [-0.15, -0.1) is 0 Å². The fraction of sp³-hybridized carbons (Fsp3) is 0.233. The van der Waals surface area contributed by atoms with Gasteiger partial charge < -0.3 is 14.4 Å². The third-order valence-corrected chi connectivity index (χ3v) is 7.17. The Kier molecular flexibility index (Phi) is 6.87. The number of carbonyl (C=O) groups excluding carboxylic acids is 1. The molecule has 1 fully saturated rings. The number of halogens is 3. The van der Waals surface area contributed by atoms with E-state index in [9.17, 15) is 27.9 Å². The minimum Gasteiger partial charge on any atom is -0.481 e. The van der Waals surface area contributed by atoms with Gasteiger partial charge in [0, 0.05) is 11.1 Å². The zero-order valence-corrected chi connectivity index (χ0v) is 21.6. The highest BCUT2D eigenvalue weighted by Crippen LogP contribution is 2.48. The van der Waals surface area contributed by atoms with Crippen molar-refractivity contribution < 1.29 is 37.1 Å². The number of aliphatic carboxylic acids is 1. The Bertz CT molecular complexity index is 1560. The Labute approximate surface area is 227 Å². The van der Waals surface area contributed by atoms with Crippen LogP contribution in [0.1, 0.15) is 48.3 Å². The normalized spacial score (nSPS) is 14.8. The standard InChI is InChI=1S/C30H25F3N2O5/c1-17(23-5-3-4-6-24(23)30(31,32)33)39-28(38)34-25-18(2)40-35-26(25)21-9-7-19(8-10-21)20-11-13-22(14-12-20)29(15-16-29)27(36)37/h3-14,17H,15-16H2,1-2H3,(H,34,38)(H,36,37)/t17-/m1/s1. The highest BCUT2D eigenvalue weighted by Gasteiger charge is 2.51. The molecule has 1 amide bonds. The van der Waals surface area contributed by atoms with E-state index >= 15 is 0 Å². The molecule has 3 aromatic carbocycles. The molecule has 1 atom stereocenters. The molecule has 0 saturated heterocycles. The summed E-state index contributed by atoms with van der Waals surface area (Å²) < 4.78 is 50.7. The highest BCUT2D eigenvalue weighted by atomic mass is 19.4. The molecule has 1 aliphatic carbocycles. The third-order valence-electron chi connectivity index (χ3n) is 7.17. The van der Waals surface area contributed by atoms with Crippen molar-refractivity contribution in [3.63, 3.8) is 0 Å². The lowest BCUT2D eigenvalue weighted by Crippen LogP contribution is -2.19. The zero-order valence-electron chi connectivity index (χ0n) is 21.6. The number of rotatable bonds is 7. The molecule has 0 aliphatic heterocycles. The lowest BCUT2D eigenvalue weighted by Gasteiger charge is -2.19. The molecule has 10 heteroatoms. The van der Waals surface area contributed by atoms with Gasteiger partial charge in [-0.25, -0.2) is 4.79 Å². The number of aromatic nitrogens is 1. The van der Waals surface area contributed by atoms with Gasteiger partial charge in [-0.1, -0.05) is 71.9 Å². The van der Waals surface area contributed by atoms with E-state index in [0.717, 1.165) is 22.8 Å². The summed E-state index contributed by atoms with van der Waals surface area (Å²) in [5.74, 6) is -0.510. The summed E-state index contributed by atoms with van der Waals surface area (Å²) in [5, 5.41) is 16.1. The molecule has 1 saturated carbocycles. The minimum absolute atomic E-state index is 0.161. The number of nitrogens with zero attached hydrogens (tertiary/aromatic N) is 1. The van der Waals surface area contributed by atoms with E-state index in [2.05, 4.69) is 10.5 Å². The first kappa shape index (κ1) is 27.0. The minimum atomic E-state index is -4.59. The molecular weight excluding hydrogens is 525 g/mol. The van der Waals surface area contributed by atoms with Gasteiger partial charge in [0.1, 0.15) is 17.5 Å². The summed E-state index contributed by atoms with van der Waals surface area (Å²) >= 11 is 0. The Morgan fingerprint density at radius 1 is 0.975 bits per heavy atom. The summed E-state index contributed by atoms with van der Waals surface area (Å²) in [7, 11) is 0. The van der Waals surface area contributed by atoms with Crippen molar-refractivity contribution in [2.45, 2.75) is 44.4 Å². The van der Waals surface area contributed by atoms with Gasteiger partial charge in [-0.2, -0.15) is 13.2 Å². The Hall–Kier alpha value is -4.60. The lowest BCUT2D eigenvalue weighted by atomic mass is 9.93. The molecule has 1 aliphatic rings. The smallest absolute Gasteiger partial charge is 0.416 e. The first-order chi connectivity index (χ1) is 19.0. The van der Waals surface area contributed by atoms with Crippen LogP contribution in [0.4, 0.5) is 23.7 Å². The fourth-order valence-corrected chi connectivity index (χ4v) is 4.73. The third kappa shape index (κ3) is 5.16. The van der Waals surface area contributed by atoms with E-state index in [-0.39, 0.29) is 11.3 Å². The topological polar surface area (TPSA) is 102 Å². The molecule has 1 aromatic heterocycles. The highest BCUT2D eigenvalue weighted by molar-refractivity contribution is 5.91. The summed E-state index contributed by atoms with van der Waals surface area (Å²) in [4.78, 5) is 24.2. The zero-order chi connectivity index (χ0) is 28.7. The molecule has 206 valence electrons. The molecule has 0 unspecified atom stereocenters. The van der Waals surface area contributed by atoms with Gasteiger partial charge in [0.15, 0.2) is 5.76 Å². The molecular formula is C30H25F3N2O5. The first-order valence-corrected chi connectivity index (χ1v) is 12.5. The molecule has 0 bridgehead atoms. The number of carboxylic acids is 1. The maximum absolute atomic E-state index is 13.4. The second-order valence-electron chi connectivity index (χ2n) is 9.76. The predicted octanol–water partition coefficient (Wildman–Crippen LogP) is 7.76. The van der Waals surface area contributed by atoms with Crippen LogP contribution in [-0.4, -0.2) is 22.3 Å². The Balaban J connectivity index is 1.30. The van der Waals surface area contributed by atoms with Crippen LogP contribution >= 0.6 is 0 Å². The number of aryl methyl sites for hydroxylation is 1. The first-order valence-electron chi connectivity index (χ1n) is 12.5. The van der Waals surface area contributed by atoms with Gasteiger partial charge >= 0.3 is 18.2 Å². The van der Waals surface area contributed by atoms with Crippen molar-refractivity contribution in [1.29, 1.82) is 0 Å². The van der Waals surface area contributed by atoms with Crippen LogP contribution in [0.2, 0.25) is 0 Å². The quantitative estimate of drug-likeness (QED) is 0.244. The van der Waals surface area contributed by atoms with Gasteiger partial charge in [-0.3, -0.25) is 10.1 Å². The molecule has 4 aromatic rings. The average molecular weight is 551 g/mol. The van der Waals surface area contributed by atoms with Gasteiger partial charge in [0.05, 0.1) is 11.0 Å². The van der Waals surface area contributed by atoms with Gasteiger partial charge in [0.2, 0.25) is 0 Å². The van der Waals surface area contributed by atoms with Crippen LogP contribution in [-0.2, 0) is 21.1 Å². The number of hydrogen-bond donors (Lipinski definition) is 2. The van der Waals surface area contributed by atoms with Crippen molar-refractivity contribution in [2.24, 2.45) is 0 Å². The Morgan fingerprint density at radius 3 is 2.12 bits per heavy atom. The summed E-state index contributed by atoms with van der Waals surface area (Å²) in [6.07, 6.45) is -5.44. The van der Waals surface area contributed by atoms with Crippen LogP contribution in [0.3, 0.4) is 0 Å². The number of amides is 1. The number of nitrogens with one attached hydrogen (secondary N) is 1. The van der Waals surface area contributed by atoms with E-state index in [1.165, 1.54) is 25.1 Å². The van der Waals surface area contributed by atoms with Crippen molar-refractivity contribution in [3.8, 4) is 22.4 Å². The number of carbonyl (C=O) groups is 2. The summed E-state index contributed by atoms with van der Waals surface area (Å²) in [5.41, 5.74) is 1.98. The molecule has 7 nitrogen and oxygen atoms in total. The second-order valence-corrected chi connectivity index (χ2v) is 9.76. The monoisotopic (exact) mass is 550 g/mol. The molecule has 40 heavy (non-hydrogen) atoms. The van der Waals surface area contributed by atoms with Crippen LogP contribution in [0.5, 0.6) is 0 Å². The van der Waals surface area contributed by atoms with Crippen LogP contribution in [0, 0.1) is 6.92 Å². The average Bonchev–Trinajstić information content (AvgIpc) is 3.68. The van der Waals surface area contributed by atoms with Crippen LogP contribution < -0.4 is 5.32 Å². The largest absolute Gasteiger partial charge is 0.481 e. The van der Waals surface area contributed by atoms with Gasteiger partial charge in [-0.05, 0) is 49.4 Å². The molecule has 0 radical (unpaired) electrons. The number of hydrogen-bond acceptors (Lipinski definition) is 5. The van der Waals surface area contributed by atoms with Crippen LogP contribution in [0.15, 0.2) is 77.3 Å². The maximum Gasteiger partial charge on any atom is 0.416 e. The van der Waals surface area contributed by atoms with Crippen molar-refractivity contribution in [1.82, 2.24) is 5.16 Å². The number of alkyl halides is 3. The predicted molar refractivity (Wildman–Crippen MR) is 141 cm³/mol. The van der Waals surface area contributed by atoms with Gasteiger partial charge in [0.25, 0.3) is 0 Å². The SMILES string of the molecule is Cc1onc(-c2ccc(-c3ccc(C4(C(=O)O)CC4)cc3)cc2)c1NC(=O)O[C@H](C)c1ccccc1C(F)(F)F. The number of ether oxygens (including phenoxy) is 1. The molecule has 2 N–H and O–H groups in total. The van der Waals surface area contributed by atoms with Crippen molar-refractivity contribution in [3.05, 3.63) is 95.2 Å². The van der Waals surface area contributed by atoms with E-state index in [1.54, 1.807) is 19.1 Å². The van der Waals surface area contributed by atoms with Crippen molar-refractivity contribution in [2.75, 3.05) is 5.32 Å². The molecule has 0 spiro atoms. The summed E-state index contributed by atoms with van der Waals surface area (Å²) in [6, 6.07) is 19.7. The number of carboxylic acid groups (broad SMARTS) is 1. The number of anilines is 1. The van der Waals surface area contributed by atoms with Crippen LogP contribution in [0.25, 0.3) is 22.4 Å². The van der Waals surface area contributed by atoms with E-state index in [4.69, 9.17) is 9.26 Å².